The first kappa shape index (κ1) is 35.0. The Bertz CT molecular complexity index is 851. The molecule has 0 saturated carbocycles. The molecule has 0 atom stereocenters. The Labute approximate surface area is 242 Å². The number of hydrogen-bond acceptors (Lipinski definition) is 6. The predicted molar refractivity (Wildman–Crippen MR) is 161 cm³/mol. The van der Waals surface area contributed by atoms with E-state index in [9.17, 15) is 9.59 Å². The fraction of sp³-hybridized carbons (Fsp3) is 0.588. The van der Waals surface area contributed by atoms with Gasteiger partial charge in [-0.15, -0.1) is 0 Å². The van der Waals surface area contributed by atoms with Crippen LogP contribution in [0, 0.1) is 13.8 Å². The van der Waals surface area contributed by atoms with E-state index < -0.39 is 11.9 Å². The second kappa shape index (κ2) is 23.8. The molecule has 6 heteroatoms. The Morgan fingerprint density at radius 3 is 1.18 bits per heavy atom. The van der Waals surface area contributed by atoms with Gasteiger partial charge in [0.05, 0.1) is 12.8 Å². The van der Waals surface area contributed by atoms with Crippen molar-refractivity contribution in [1.82, 2.24) is 0 Å². The van der Waals surface area contributed by atoms with E-state index in [1.54, 1.807) is 0 Å². The zero-order valence-electron chi connectivity index (χ0n) is 25.4. The topological polar surface area (TPSA) is 71.1 Å². The lowest BCUT2D eigenvalue weighted by Crippen LogP contribution is -2.11. The van der Waals surface area contributed by atoms with Crippen LogP contribution in [0.4, 0.5) is 0 Å². The lowest BCUT2D eigenvalue weighted by atomic mass is 10.1. The van der Waals surface area contributed by atoms with Gasteiger partial charge in [-0.1, -0.05) is 127 Å². The first-order chi connectivity index (χ1) is 19.5. The molecule has 0 aliphatic rings. The lowest BCUT2D eigenvalue weighted by molar-refractivity contribution is -0.259. The number of carbonyl (C=O) groups is 2. The van der Waals surface area contributed by atoms with E-state index >= 15 is 0 Å². The first-order valence-corrected chi connectivity index (χ1v) is 15.3. The number of rotatable bonds is 19. The molecule has 6 nitrogen and oxygen atoms in total. The molecule has 0 N–H and O–H groups in total. The van der Waals surface area contributed by atoms with Crippen LogP contribution in [0.1, 0.15) is 128 Å². The molecule has 0 bridgehead atoms. The molecule has 0 radical (unpaired) electrons. The largest absolute Gasteiger partial charge is 0.355 e. The number of aryl methyl sites for hydroxylation is 2. The van der Waals surface area contributed by atoms with Crippen molar-refractivity contribution in [1.29, 1.82) is 0 Å². The van der Waals surface area contributed by atoms with Crippen LogP contribution < -0.4 is 9.78 Å². The molecule has 0 unspecified atom stereocenters. The summed E-state index contributed by atoms with van der Waals surface area (Å²) in [6, 6.07) is 15.5. The second-order valence-electron chi connectivity index (χ2n) is 10.4. The van der Waals surface area contributed by atoms with Crippen molar-refractivity contribution >= 4 is 11.9 Å². The van der Waals surface area contributed by atoms with E-state index in [1.165, 1.54) is 51.4 Å². The fourth-order valence-corrected chi connectivity index (χ4v) is 4.02. The van der Waals surface area contributed by atoms with Gasteiger partial charge in [0, 0.05) is 0 Å². The van der Waals surface area contributed by atoms with Crippen molar-refractivity contribution in [2.24, 2.45) is 0 Å². The molecule has 0 fully saturated rings. The molecular formula is C34H52O6. The van der Waals surface area contributed by atoms with Gasteiger partial charge in [0.1, 0.15) is 0 Å². The quantitative estimate of drug-likeness (QED) is 0.0974. The summed E-state index contributed by atoms with van der Waals surface area (Å²) in [5.41, 5.74) is 2.10. The molecular weight excluding hydrogens is 504 g/mol. The zero-order valence-corrected chi connectivity index (χ0v) is 25.4. The van der Waals surface area contributed by atoms with Crippen LogP contribution in [0.3, 0.4) is 0 Å². The number of carbonyl (C=O) groups excluding carboxylic acids is 2. The minimum absolute atomic E-state index is 0.332. The molecule has 2 aromatic rings. The van der Waals surface area contributed by atoms with Crippen molar-refractivity contribution < 1.29 is 29.1 Å². The Morgan fingerprint density at radius 1 is 0.500 bits per heavy atom. The van der Waals surface area contributed by atoms with Crippen molar-refractivity contribution in [3.63, 3.8) is 0 Å². The van der Waals surface area contributed by atoms with E-state index in [4.69, 9.17) is 9.78 Å². The van der Waals surface area contributed by atoms with Gasteiger partial charge in [0.15, 0.2) is 11.5 Å². The molecule has 0 amide bonds. The molecule has 224 valence electrons. The van der Waals surface area contributed by atoms with Gasteiger partial charge in [-0.25, -0.2) is 19.4 Å². The maximum atomic E-state index is 11.5. The summed E-state index contributed by atoms with van der Waals surface area (Å²) in [5, 5.41) is 0. The maximum Gasteiger partial charge on any atom is 0.355 e. The Kier molecular flexibility index (Phi) is 20.9. The van der Waals surface area contributed by atoms with E-state index in [0.717, 1.165) is 61.2 Å². The maximum absolute atomic E-state index is 11.5. The van der Waals surface area contributed by atoms with Crippen LogP contribution in [-0.4, -0.2) is 11.9 Å². The van der Waals surface area contributed by atoms with E-state index in [1.807, 2.05) is 62.4 Å². The van der Waals surface area contributed by atoms with Gasteiger partial charge in [-0.05, 0) is 49.9 Å². The van der Waals surface area contributed by atoms with Crippen molar-refractivity contribution in [2.75, 3.05) is 0 Å². The highest BCUT2D eigenvalue weighted by Gasteiger charge is 2.09. The SMILES string of the molecule is CCCCCCCCCC(=O)OOC(=O)CCCCCCCCC.Cc1ccccc1OOc1ccccc1C. The summed E-state index contributed by atoms with van der Waals surface area (Å²) in [6.45, 7) is 8.36. The van der Waals surface area contributed by atoms with Crippen LogP contribution in [0.15, 0.2) is 48.5 Å². The zero-order chi connectivity index (χ0) is 29.3. The van der Waals surface area contributed by atoms with Gasteiger partial charge in [0.25, 0.3) is 0 Å². The smallest absolute Gasteiger partial charge is 0.290 e. The normalized spacial score (nSPS) is 10.3. The summed E-state index contributed by atoms with van der Waals surface area (Å²) in [5.74, 6) is 0.615. The van der Waals surface area contributed by atoms with Crippen LogP contribution in [-0.2, 0) is 19.4 Å². The molecule has 2 aromatic carbocycles. The number of para-hydroxylation sites is 2. The van der Waals surface area contributed by atoms with Gasteiger partial charge >= 0.3 is 11.9 Å². The Morgan fingerprint density at radius 2 is 0.825 bits per heavy atom. The molecule has 0 aliphatic carbocycles. The number of hydrogen-bond donors (Lipinski definition) is 0. The third-order valence-electron chi connectivity index (χ3n) is 6.60. The second-order valence-corrected chi connectivity index (χ2v) is 10.4. The summed E-state index contributed by atoms with van der Waals surface area (Å²) in [6.07, 6.45) is 16.7. The highest BCUT2D eigenvalue weighted by atomic mass is 17.2. The molecule has 2 rings (SSSR count). The van der Waals surface area contributed by atoms with Gasteiger partial charge < -0.3 is 0 Å². The highest BCUT2D eigenvalue weighted by molar-refractivity contribution is 5.72. The molecule has 0 spiro atoms. The fourth-order valence-electron chi connectivity index (χ4n) is 4.02. The van der Waals surface area contributed by atoms with Crippen molar-refractivity contribution in [3.05, 3.63) is 59.7 Å². The average molecular weight is 557 g/mol. The van der Waals surface area contributed by atoms with Crippen LogP contribution in [0.25, 0.3) is 0 Å². The molecule has 0 saturated heterocycles. The summed E-state index contributed by atoms with van der Waals surface area (Å²) < 4.78 is 0. The minimum atomic E-state index is -0.434. The van der Waals surface area contributed by atoms with Gasteiger partial charge in [-0.3, -0.25) is 9.78 Å². The average Bonchev–Trinajstić information content (AvgIpc) is 2.96. The highest BCUT2D eigenvalue weighted by Crippen LogP contribution is 2.21. The molecule has 0 aliphatic heterocycles. The van der Waals surface area contributed by atoms with E-state index in [-0.39, 0.29) is 0 Å². The standard InChI is InChI=1S/C20H38O4.C14H14O2/c1-3-5-7-9-11-13-15-17-19(21)23-24-20(22)18-16-14-12-10-8-6-4-2;1-11-7-3-5-9-13(11)15-16-14-10-6-4-8-12(14)2/h3-18H2,1-2H3;3-10H,1-2H3. The first-order valence-electron chi connectivity index (χ1n) is 15.3. The van der Waals surface area contributed by atoms with Gasteiger partial charge in [0.2, 0.25) is 0 Å². The Hall–Kier alpha value is -3.02. The van der Waals surface area contributed by atoms with Crippen LogP contribution in [0.2, 0.25) is 0 Å². The van der Waals surface area contributed by atoms with E-state index in [0.29, 0.717) is 12.8 Å². The van der Waals surface area contributed by atoms with Gasteiger partial charge in [-0.2, -0.15) is 0 Å². The van der Waals surface area contributed by atoms with Crippen LogP contribution >= 0.6 is 0 Å². The number of benzene rings is 2. The molecule has 40 heavy (non-hydrogen) atoms. The van der Waals surface area contributed by atoms with Crippen molar-refractivity contribution in [3.8, 4) is 11.5 Å². The third-order valence-corrected chi connectivity index (χ3v) is 6.60. The summed E-state index contributed by atoms with van der Waals surface area (Å²) >= 11 is 0. The van der Waals surface area contributed by atoms with Crippen molar-refractivity contribution in [2.45, 2.75) is 130 Å². The number of unbranched alkanes of at least 4 members (excludes halogenated alkanes) is 12. The summed E-state index contributed by atoms with van der Waals surface area (Å²) in [7, 11) is 0. The van der Waals surface area contributed by atoms with E-state index in [2.05, 4.69) is 23.6 Å². The lowest BCUT2D eigenvalue weighted by Gasteiger charge is -2.09. The summed E-state index contributed by atoms with van der Waals surface area (Å²) in [4.78, 5) is 42.7. The molecule has 0 heterocycles. The monoisotopic (exact) mass is 556 g/mol. The predicted octanol–water partition coefficient (Wildman–Crippen LogP) is 9.95. The van der Waals surface area contributed by atoms with Crippen LogP contribution in [0.5, 0.6) is 11.5 Å². The third kappa shape index (κ3) is 18.3. The minimum Gasteiger partial charge on any atom is -0.290 e. The Balaban J connectivity index is 0.000000429. The molecule has 0 aromatic heterocycles.